The number of aryl methyl sites for hydroxylation is 1. The Morgan fingerprint density at radius 1 is 1.21 bits per heavy atom. The summed E-state index contributed by atoms with van der Waals surface area (Å²) >= 11 is 7.24. The molecule has 6 heteroatoms. The smallest absolute Gasteiger partial charge is 0.151 e. The van der Waals surface area contributed by atoms with Gasteiger partial charge in [0.25, 0.3) is 0 Å². The van der Waals surface area contributed by atoms with Crippen molar-refractivity contribution < 1.29 is 9.47 Å². The zero-order valence-corrected chi connectivity index (χ0v) is 12.4. The molecular formula is C13H15ClN2O2S. The summed E-state index contributed by atoms with van der Waals surface area (Å²) in [5.41, 5.74) is 0.900. The largest absolute Gasteiger partial charge is 0.497 e. The van der Waals surface area contributed by atoms with Crippen LogP contribution in [0.3, 0.4) is 0 Å². The van der Waals surface area contributed by atoms with Gasteiger partial charge in [0.15, 0.2) is 5.01 Å². The second-order valence-corrected chi connectivity index (χ2v) is 5.30. The molecule has 2 rings (SSSR count). The molecule has 1 aromatic heterocycles. The second kappa shape index (κ2) is 6.73. The van der Waals surface area contributed by atoms with Crippen LogP contribution >= 0.6 is 22.9 Å². The van der Waals surface area contributed by atoms with Crippen molar-refractivity contribution >= 4 is 22.9 Å². The molecule has 2 aromatic rings. The van der Waals surface area contributed by atoms with Crippen LogP contribution in [0.4, 0.5) is 0 Å². The van der Waals surface area contributed by atoms with E-state index in [9.17, 15) is 0 Å². The molecule has 0 unspecified atom stereocenters. The maximum Gasteiger partial charge on any atom is 0.151 e. The van der Waals surface area contributed by atoms with Crippen LogP contribution in [0.5, 0.6) is 11.5 Å². The van der Waals surface area contributed by atoms with Crippen LogP contribution in [0.15, 0.2) is 18.2 Å². The van der Waals surface area contributed by atoms with Crippen LogP contribution in [0.25, 0.3) is 10.6 Å². The zero-order valence-electron chi connectivity index (χ0n) is 10.9. The monoisotopic (exact) mass is 298 g/mol. The highest BCUT2D eigenvalue weighted by molar-refractivity contribution is 7.14. The Balaban J connectivity index is 2.31. The first-order valence-corrected chi connectivity index (χ1v) is 7.24. The average Bonchev–Trinajstić information content (AvgIpc) is 2.93. The SMILES string of the molecule is COc1ccc(OC)c(-c2nnc(CCCCl)s2)c1. The number of alkyl halides is 1. The predicted molar refractivity (Wildman–Crippen MR) is 77.5 cm³/mol. The number of nitrogens with zero attached hydrogens (tertiary/aromatic N) is 2. The number of methoxy groups -OCH3 is 2. The molecule has 0 aliphatic rings. The number of rotatable bonds is 6. The Labute approximate surface area is 121 Å². The molecule has 0 spiro atoms. The second-order valence-electron chi connectivity index (χ2n) is 3.86. The van der Waals surface area contributed by atoms with Gasteiger partial charge in [-0.1, -0.05) is 11.3 Å². The van der Waals surface area contributed by atoms with Gasteiger partial charge in [-0.2, -0.15) is 0 Å². The van der Waals surface area contributed by atoms with Crippen LogP contribution in [0.1, 0.15) is 11.4 Å². The van der Waals surface area contributed by atoms with Gasteiger partial charge in [-0.05, 0) is 24.6 Å². The quantitative estimate of drug-likeness (QED) is 0.767. The minimum absolute atomic E-state index is 0.636. The summed E-state index contributed by atoms with van der Waals surface area (Å²) in [7, 11) is 3.28. The fraction of sp³-hybridized carbons (Fsp3) is 0.385. The topological polar surface area (TPSA) is 44.2 Å². The predicted octanol–water partition coefficient (Wildman–Crippen LogP) is 3.39. The Hall–Kier alpha value is -1.33. The van der Waals surface area contributed by atoms with E-state index >= 15 is 0 Å². The first kappa shape index (κ1) is 14.1. The van der Waals surface area contributed by atoms with Gasteiger partial charge < -0.3 is 9.47 Å². The average molecular weight is 299 g/mol. The maximum atomic E-state index is 5.68. The summed E-state index contributed by atoms with van der Waals surface area (Å²) in [6.07, 6.45) is 1.76. The number of hydrogen-bond donors (Lipinski definition) is 0. The Bertz CT molecular complexity index is 545. The maximum absolute atomic E-state index is 5.68. The van der Waals surface area contributed by atoms with Crippen molar-refractivity contribution in [3.05, 3.63) is 23.2 Å². The van der Waals surface area contributed by atoms with Crippen LogP contribution in [-0.2, 0) is 6.42 Å². The highest BCUT2D eigenvalue weighted by Crippen LogP contribution is 2.35. The van der Waals surface area contributed by atoms with E-state index in [-0.39, 0.29) is 0 Å². The van der Waals surface area contributed by atoms with E-state index in [1.807, 2.05) is 18.2 Å². The summed E-state index contributed by atoms with van der Waals surface area (Å²) in [4.78, 5) is 0. The van der Waals surface area contributed by atoms with Crippen LogP contribution in [0, 0.1) is 0 Å². The van der Waals surface area contributed by atoms with E-state index in [0.29, 0.717) is 5.88 Å². The molecular weight excluding hydrogens is 284 g/mol. The lowest BCUT2D eigenvalue weighted by molar-refractivity contribution is 0.404. The van der Waals surface area contributed by atoms with Crippen LogP contribution in [0.2, 0.25) is 0 Å². The minimum Gasteiger partial charge on any atom is -0.497 e. The van der Waals surface area contributed by atoms with Crippen molar-refractivity contribution in [1.29, 1.82) is 0 Å². The number of aromatic nitrogens is 2. The lowest BCUT2D eigenvalue weighted by Gasteiger charge is -2.07. The van der Waals surface area contributed by atoms with Crippen LogP contribution in [-0.4, -0.2) is 30.3 Å². The number of benzene rings is 1. The van der Waals surface area contributed by atoms with Crippen molar-refractivity contribution in [2.75, 3.05) is 20.1 Å². The van der Waals surface area contributed by atoms with Gasteiger partial charge >= 0.3 is 0 Å². The van der Waals surface area contributed by atoms with E-state index in [2.05, 4.69) is 10.2 Å². The molecule has 0 saturated heterocycles. The minimum atomic E-state index is 0.636. The Morgan fingerprint density at radius 2 is 2.05 bits per heavy atom. The molecule has 4 nitrogen and oxygen atoms in total. The molecule has 0 amide bonds. The van der Waals surface area contributed by atoms with E-state index in [1.54, 1.807) is 25.6 Å². The molecule has 0 aliphatic carbocycles. The zero-order chi connectivity index (χ0) is 13.7. The lowest BCUT2D eigenvalue weighted by Crippen LogP contribution is -1.90. The van der Waals surface area contributed by atoms with Gasteiger partial charge in [0.1, 0.15) is 16.5 Å². The van der Waals surface area contributed by atoms with Crippen molar-refractivity contribution in [1.82, 2.24) is 10.2 Å². The third kappa shape index (κ3) is 3.36. The fourth-order valence-corrected chi connectivity index (χ4v) is 2.70. The van der Waals surface area contributed by atoms with E-state index in [4.69, 9.17) is 21.1 Å². The van der Waals surface area contributed by atoms with Gasteiger partial charge in [0.2, 0.25) is 0 Å². The molecule has 1 aromatic carbocycles. The third-order valence-electron chi connectivity index (χ3n) is 2.63. The summed E-state index contributed by atoms with van der Waals surface area (Å²) < 4.78 is 10.6. The fourth-order valence-electron chi connectivity index (χ4n) is 1.66. The van der Waals surface area contributed by atoms with Gasteiger partial charge in [-0.15, -0.1) is 21.8 Å². The van der Waals surface area contributed by atoms with Gasteiger partial charge in [-0.25, -0.2) is 0 Å². The van der Waals surface area contributed by atoms with E-state index in [1.165, 1.54) is 0 Å². The molecule has 102 valence electrons. The third-order valence-corrected chi connectivity index (χ3v) is 3.91. The standard InChI is InChI=1S/C13H15ClN2O2S/c1-17-9-5-6-11(18-2)10(8-9)13-16-15-12(19-13)4-3-7-14/h5-6,8H,3-4,7H2,1-2H3. The van der Waals surface area contributed by atoms with Crippen molar-refractivity contribution in [2.24, 2.45) is 0 Å². The molecule has 0 atom stereocenters. The Morgan fingerprint density at radius 3 is 2.74 bits per heavy atom. The van der Waals surface area contributed by atoms with Gasteiger partial charge in [0, 0.05) is 12.3 Å². The van der Waals surface area contributed by atoms with Crippen molar-refractivity contribution in [3.63, 3.8) is 0 Å². The highest BCUT2D eigenvalue weighted by atomic mass is 35.5. The lowest BCUT2D eigenvalue weighted by atomic mass is 10.2. The molecule has 0 bridgehead atoms. The summed E-state index contributed by atoms with van der Waals surface area (Å²) in [6, 6.07) is 5.64. The molecule has 0 radical (unpaired) electrons. The Kier molecular flexibility index (Phi) is 4.99. The van der Waals surface area contributed by atoms with Crippen molar-refractivity contribution in [2.45, 2.75) is 12.8 Å². The molecule has 0 N–H and O–H groups in total. The molecule has 0 saturated carbocycles. The first-order chi connectivity index (χ1) is 9.28. The van der Waals surface area contributed by atoms with Gasteiger partial charge in [-0.3, -0.25) is 0 Å². The van der Waals surface area contributed by atoms with Crippen LogP contribution < -0.4 is 9.47 Å². The number of ether oxygens (including phenoxy) is 2. The van der Waals surface area contributed by atoms with E-state index in [0.717, 1.165) is 39.9 Å². The summed E-state index contributed by atoms with van der Waals surface area (Å²) in [6.45, 7) is 0. The van der Waals surface area contributed by atoms with Crippen molar-refractivity contribution in [3.8, 4) is 22.1 Å². The molecule has 0 fully saturated rings. The molecule has 1 heterocycles. The highest BCUT2D eigenvalue weighted by Gasteiger charge is 2.13. The normalized spacial score (nSPS) is 10.5. The van der Waals surface area contributed by atoms with E-state index < -0.39 is 0 Å². The summed E-state index contributed by atoms with van der Waals surface area (Å²) in [5.74, 6) is 2.17. The summed E-state index contributed by atoms with van der Waals surface area (Å²) in [5, 5.41) is 10.2. The molecule has 19 heavy (non-hydrogen) atoms. The number of halogens is 1. The first-order valence-electron chi connectivity index (χ1n) is 5.89. The number of hydrogen-bond acceptors (Lipinski definition) is 5. The molecule has 0 aliphatic heterocycles. The van der Waals surface area contributed by atoms with Gasteiger partial charge in [0.05, 0.1) is 19.8 Å².